The minimum atomic E-state index is -0.0757. The molecule has 94 valence electrons. The number of aromatic hydroxyl groups is 1. The molecule has 0 spiro atoms. The van der Waals surface area contributed by atoms with Crippen molar-refractivity contribution in [2.45, 2.75) is 6.42 Å². The minimum absolute atomic E-state index is 0.0757. The Morgan fingerprint density at radius 3 is 2.68 bits per heavy atom. The van der Waals surface area contributed by atoms with Crippen molar-refractivity contribution in [3.63, 3.8) is 0 Å². The summed E-state index contributed by atoms with van der Waals surface area (Å²) in [6.07, 6.45) is 0.592. The zero-order valence-corrected chi connectivity index (χ0v) is 10.3. The first-order valence-electron chi connectivity index (χ1n) is 6.11. The number of H-pyrrole nitrogens is 1. The molecule has 1 aromatic heterocycles. The molecule has 2 N–H and O–H groups in total. The van der Waals surface area contributed by atoms with Crippen molar-refractivity contribution in [2.24, 2.45) is 0 Å². The van der Waals surface area contributed by atoms with Crippen molar-refractivity contribution >= 4 is 10.8 Å². The number of aromatic amines is 1. The van der Waals surface area contributed by atoms with Crippen LogP contribution in [0.3, 0.4) is 0 Å². The number of phenolic OH excluding ortho intramolecular Hbond substituents is 1. The normalized spacial score (nSPS) is 10.7. The number of aromatic nitrogens is 1. The summed E-state index contributed by atoms with van der Waals surface area (Å²) in [5.74, 6) is 0.237. The van der Waals surface area contributed by atoms with E-state index in [1.807, 2.05) is 36.4 Å². The van der Waals surface area contributed by atoms with Gasteiger partial charge in [-0.05, 0) is 35.2 Å². The van der Waals surface area contributed by atoms with Crippen molar-refractivity contribution in [2.75, 3.05) is 0 Å². The molecular weight excluding hydrogens is 238 g/mol. The Morgan fingerprint density at radius 1 is 1.00 bits per heavy atom. The zero-order chi connectivity index (χ0) is 13.2. The second-order valence-electron chi connectivity index (χ2n) is 4.56. The molecule has 0 aliphatic rings. The molecule has 19 heavy (non-hydrogen) atoms. The Balaban J connectivity index is 2.04. The van der Waals surface area contributed by atoms with Crippen LogP contribution in [0.25, 0.3) is 10.8 Å². The summed E-state index contributed by atoms with van der Waals surface area (Å²) in [6, 6.07) is 16.5. The second kappa shape index (κ2) is 4.61. The Morgan fingerprint density at radius 2 is 1.84 bits per heavy atom. The fourth-order valence-electron chi connectivity index (χ4n) is 2.25. The van der Waals surface area contributed by atoms with Crippen LogP contribution < -0.4 is 5.56 Å². The van der Waals surface area contributed by atoms with Gasteiger partial charge in [0.05, 0.1) is 0 Å². The number of hydrogen-bond donors (Lipinski definition) is 2. The van der Waals surface area contributed by atoms with Crippen LogP contribution in [0.2, 0.25) is 0 Å². The Bertz CT molecular complexity index is 790. The lowest BCUT2D eigenvalue weighted by Gasteiger charge is -2.04. The van der Waals surface area contributed by atoms with Crippen LogP contribution in [0.4, 0.5) is 0 Å². The maximum atomic E-state index is 12.0. The van der Waals surface area contributed by atoms with Gasteiger partial charge in [-0.15, -0.1) is 0 Å². The van der Waals surface area contributed by atoms with Crippen molar-refractivity contribution in [1.29, 1.82) is 0 Å². The fraction of sp³-hybridized carbons (Fsp3) is 0.0625. The molecule has 0 radical (unpaired) electrons. The van der Waals surface area contributed by atoms with Crippen molar-refractivity contribution < 1.29 is 5.11 Å². The van der Waals surface area contributed by atoms with Crippen molar-refractivity contribution in [1.82, 2.24) is 4.98 Å². The standard InChI is InChI=1S/C16H13NO2/c18-14-6-3-4-11(9-14)8-13-10-12-5-1-2-7-15(12)16(19)17-13/h1-7,9-10,18H,8H2,(H,17,19). The van der Waals surface area contributed by atoms with Crippen LogP contribution in [0, 0.1) is 0 Å². The van der Waals surface area contributed by atoms with Gasteiger partial charge in [0.1, 0.15) is 5.75 Å². The fourth-order valence-corrected chi connectivity index (χ4v) is 2.25. The highest BCUT2D eigenvalue weighted by Gasteiger charge is 2.03. The predicted molar refractivity (Wildman–Crippen MR) is 75.5 cm³/mol. The lowest BCUT2D eigenvalue weighted by atomic mass is 10.1. The third-order valence-corrected chi connectivity index (χ3v) is 3.11. The Hall–Kier alpha value is -2.55. The third kappa shape index (κ3) is 2.36. The molecule has 0 aliphatic heterocycles. The van der Waals surface area contributed by atoms with Crippen LogP contribution in [-0.4, -0.2) is 10.1 Å². The molecule has 0 saturated carbocycles. The zero-order valence-electron chi connectivity index (χ0n) is 10.3. The average Bonchev–Trinajstić information content (AvgIpc) is 2.39. The van der Waals surface area contributed by atoms with Gasteiger partial charge in [-0.3, -0.25) is 4.79 Å². The van der Waals surface area contributed by atoms with E-state index in [4.69, 9.17) is 0 Å². The van der Waals surface area contributed by atoms with E-state index < -0.39 is 0 Å². The van der Waals surface area contributed by atoms with Crippen LogP contribution >= 0.6 is 0 Å². The van der Waals surface area contributed by atoms with E-state index in [9.17, 15) is 9.90 Å². The summed E-state index contributed by atoms with van der Waals surface area (Å²) in [5, 5.41) is 11.1. The molecule has 3 aromatic rings. The smallest absolute Gasteiger partial charge is 0.256 e. The number of hydrogen-bond acceptors (Lipinski definition) is 2. The van der Waals surface area contributed by atoms with E-state index in [-0.39, 0.29) is 11.3 Å². The molecule has 0 bridgehead atoms. The van der Waals surface area contributed by atoms with Gasteiger partial charge in [-0.1, -0.05) is 30.3 Å². The lowest BCUT2D eigenvalue weighted by Crippen LogP contribution is -2.09. The quantitative estimate of drug-likeness (QED) is 0.735. The largest absolute Gasteiger partial charge is 0.508 e. The molecule has 0 saturated heterocycles. The van der Waals surface area contributed by atoms with Gasteiger partial charge in [-0.2, -0.15) is 0 Å². The number of rotatable bonds is 2. The first-order chi connectivity index (χ1) is 9.22. The van der Waals surface area contributed by atoms with Gasteiger partial charge < -0.3 is 10.1 Å². The first kappa shape index (κ1) is 11.5. The Labute approximate surface area is 110 Å². The summed E-state index contributed by atoms with van der Waals surface area (Å²) in [7, 11) is 0. The summed E-state index contributed by atoms with van der Waals surface area (Å²) in [6.45, 7) is 0. The highest BCUT2D eigenvalue weighted by atomic mass is 16.3. The van der Waals surface area contributed by atoms with E-state index in [0.717, 1.165) is 16.6 Å². The summed E-state index contributed by atoms with van der Waals surface area (Å²) >= 11 is 0. The molecule has 0 unspecified atom stereocenters. The van der Waals surface area contributed by atoms with Crippen LogP contribution in [0.15, 0.2) is 59.4 Å². The van der Waals surface area contributed by atoms with Crippen molar-refractivity contribution in [3.8, 4) is 5.75 Å². The van der Waals surface area contributed by atoms with Crippen molar-refractivity contribution in [3.05, 3.63) is 76.2 Å². The van der Waals surface area contributed by atoms with E-state index in [1.165, 1.54) is 0 Å². The number of phenols is 1. The number of benzene rings is 2. The molecule has 0 fully saturated rings. The summed E-state index contributed by atoms with van der Waals surface area (Å²) < 4.78 is 0. The summed E-state index contributed by atoms with van der Waals surface area (Å²) in [4.78, 5) is 14.8. The second-order valence-corrected chi connectivity index (χ2v) is 4.56. The first-order valence-corrected chi connectivity index (χ1v) is 6.11. The van der Waals surface area contributed by atoms with Gasteiger partial charge in [0, 0.05) is 17.5 Å². The Kier molecular flexibility index (Phi) is 2.80. The third-order valence-electron chi connectivity index (χ3n) is 3.11. The van der Waals surface area contributed by atoms with E-state index in [0.29, 0.717) is 11.8 Å². The molecular formula is C16H13NO2. The molecule has 2 aromatic carbocycles. The van der Waals surface area contributed by atoms with Crippen LogP contribution in [-0.2, 0) is 6.42 Å². The van der Waals surface area contributed by atoms with Gasteiger partial charge in [0.25, 0.3) is 5.56 Å². The SMILES string of the molecule is O=c1[nH]c(Cc2cccc(O)c2)cc2ccccc12. The van der Waals surface area contributed by atoms with Gasteiger partial charge in [0.2, 0.25) is 0 Å². The molecule has 3 rings (SSSR count). The number of nitrogens with one attached hydrogen (secondary N) is 1. The molecule has 3 heteroatoms. The average molecular weight is 251 g/mol. The maximum Gasteiger partial charge on any atom is 0.256 e. The van der Waals surface area contributed by atoms with Crippen LogP contribution in [0.5, 0.6) is 5.75 Å². The lowest BCUT2D eigenvalue weighted by molar-refractivity contribution is 0.474. The molecule has 3 nitrogen and oxygen atoms in total. The number of fused-ring (bicyclic) bond motifs is 1. The minimum Gasteiger partial charge on any atom is -0.508 e. The van der Waals surface area contributed by atoms with E-state index in [1.54, 1.807) is 18.2 Å². The summed E-state index contributed by atoms with van der Waals surface area (Å²) in [5.41, 5.74) is 1.73. The molecule has 0 atom stereocenters. The molecule has 1 heterocycles. The van der Waals surface area contributed by atoms with Gasteiger partial charge >= 0.3 is 0 Å². The molecule has 0 aliphatic carbocycles. The highest BCUT2D eigenvalue weighted by molar-refractivity contribution is 5.81. The van der Waals surface area contributed by atoms with Crippen LogP contribution in [0.1, 0.15) is 11.3 Å². The highest BCUT2D eigenvalue weighted by Crippen LogP contribution is 2.16. The van der Waals surface area contributed by atoms with Gasteiger partial charge in [-0.25, -0.2) is 0 Å². The molecule has 0 amide bonds. The predicted octanol–water partition coefficient (Wildman–Crippen LogP) is 2.82. The number of pyridine rings is 1. The maximum absolute atomic E-state index is 12.0. The van der Waals surface area contributed by atoms with E-state index >= 15 is 0 Å². The topological polar surface area (TPSA) is 53.1 Å². The van der Waals surface area contributed by atoms with Gasteiger partial charge in [0.15, 0.2) is 0 Å². The van der Waals surface area contributed by atoms with E-state index in [2.05, 4.69) is 4.98 Å². The monoisotopic (exact) mass is 251 g/mol.